The number of halogens is 3. The molecule has 45 heavy (non-hydrogen) atoms. The zero-order chi connectivity index (χ0) is 34.4. The summed E-state index contributed by atoms with van der Waals surface area (Å²) in [4.78, 5) is 31.9. The molecule has 0 saturated carbocycles. The molecule has 3 atom stereocenters. The first-order chi connectivity index (χ1) is 20.5. The summed E-state index contributed by atoms with van der Waals surface area (Å²) in [5, 5.41) is -0.181. The predicted molar refractivity (Wildman–Crippen MR) is 189 cm³/mol. The van der Waals surface area contributed by atoms with E-state index >= 15 is 0 Å². The highest BCUT2D eigenvalue weighted by Crippen LogP contribution is 2.49. The van der Waals surface area contributed by atoms with Crippen molar-refractivity contribution in [1.82, 2.24) is 4.90 Å². The van der Waals surface area contributed by atoms with Crippen molar-refractivity contribution in [3.63, 3.8) is 0 Å². The average Bonchev–Trinajstić information content (AvgIpc) is 3.26. The summed E-state index contributed by atoms with van der Waals surface area (Å²) < 4.78 is 23.9. The van der Waals surface area contributed by atoms with Crippen LogP contribution in [0.3, 0.4) is 0 Å². The molecule has 1 saturated heterocycles. The number of rotatable bonds is 9. The maximum Gasteiger partial charge on any atom is 0.416 e. The Balaban J connectivity index is 2.37. The van der Waals surface area contributed by atoms with Crippen LogP contribution in [0.25, 0.3) is 0 Å². The van der Waals surface area contributed by atoms with Crippen LogP contribution >= 0.6 is 34.8 Å². The number of fused-ring (bicyclic) bond motifs is 2. The lowest BCUT2D eigenvalue weighted by molar-refractivity contribution is 0.0524. The van der Waals surface area contributed by atoms with Gasteiger partial charge in [-0.15, -0.1) is 0 Å². The quantitative estimate of drug-likeness (QED) is 0.187. The average molecular weight is 724 g/mol. The number of benzene rings is 1. The second kappa shape index (κ2) is 13.7. The van der Waals surface area contributed by atoms with E-state index in [1.807, 2.05) is 4.90 Å². The van der Waals surface area contributed by atoms with Crippen LogP contribution in [-0.2, 0) is 9.16 Å². The van der Waals surface area contributed by atoms with E-state index < -0.39 is 45.4 Å². The van der Waals surface area contributed by atoms with Gasteiger partial charge in [0.25, 0.3) is 14.2 Å². The normalized spacial score (nSPS) is 21.3. The Morgan fingerprint density at radius 1 is 1.00 bits per heavy atom. The molecule has 2 aliphatic rings. The standard InChI is InChI=1S/C32H53Cl3N2O6Si2/c1-19(2)45(20(3)4,21(5)6)42-27-16-24-23(15-26(27)40-11)28(38)36-17-22(7)14-25(36)29(43-44(12,13)31(8,9)10)37(24)30(39)41-18-32(33,34)35/h15-16,19-22,25,29H,14,17-18H2,1-13H3/t22-,25+,29?/m1/s1. The molecule has 8 nitrogen and oxygen atoms in total. The molecular weight excluding hydrogens is 671 g/mol. The molecule has 0 radical (unpaired) electrons. The Kier molecular flexibility index (Phi) is 11.7. The van der Waals surface area contributed by atoms with Crippen LogP contribution < -0.4 is 14.1 Å². The van der Waals surface area contributed by atoms with Crippen LogP contribution in [0.5, 0.6) is 11.5 Å². The van der Waals surface area contributed by atoms with Gasteiger partial charge in [-0.05, 0) is 53.2 Å². The van der Waals surface area contributed by atoms with Gasteiger partial charge in [0, 0.05) is 12.6 Å². The number of anilines is 1. The van der Waals surface area contributed by atoms with Crippen LogP contribution in [0.4, 0.5) is 10.5 Å². The van der Waals surface area contributed by atoms with Crippen molar-refractivity contribution < 1.29 is 27.9 Å². The summed E-state index contributed by atoms with van der Waals surface area (Å²) in [5.41, 5.74) is 1.45. The van der Waals surface area contributed by atoms with Gasteiger partial charge in [-0.1, -0.05) is 104 Å². The molecule has 2 heterocycles. The molecule has 1 aromatic carbocycles. The van der Waals surface area contributed by atoms with E-state index in [0.717, 1.165) is 0 Å². The maximum atomic E-state index is 14.4. The van der Waals surface area contributed by atoms with E-state index in [1.54, 1.807) is 19.2 Å². The SMILES string of the molecule is COc1cc2c(cc1O[Si](C(C)C)(C(C)C)C(C)C)N(C(=O)OCC(Cl)(Cl)Cl)C(O[Si](C)(C)C(C)(C)C)[C@@H]1C[C@@H](C)CN1C2=O. The van der Waals surface area contributed by atoms with Crippen LogP contribution in [0.1, 0.15) is 86.0 Å². The number of alkyl halides is 3. The Labute approximate surface area is 287 Å². The zero-order valence-corrected chi connectivity index (χ0v) is 33.5. The Morgan fingerprint density at radius 3 is 2.02 bits per heavy atom. The zero-order valence-electron chi connectivity index (χ0n) is 29.2. The highest BCUT2D eigenvalue weighted by molar-refractivity contribution is 6.78. The first-order valence-electron chi connectivity index (χ1n) is 15.9. The molecule has 0 aliphatic carbocycles. The lowest BCUT2D eigenvalue weighted by atomic mass is 10.1. The fourth-order valence-electron chi connectivity index (χ4n) is 6.78. The Morgan fingerprint density at radius 2 is 1.56 bits per heavy atom. The van der Waals surface area contributed by atoms with Crippen molar-refractivity contribution in [2.24, 2.45) is 5.92 Å². The van der Waals surface area contributed by atoms with E-state index in [-0.39, 0.29) is 33.5 Å². The fraction of sp³-hybridized carbons (Fsp3) is 0.750. The Hall–Kier alpha value is -1.18. The summed E-state index contributed by atoms with van der Waals surface area (Å²) >= 11 is 18.1. The number of nitrogens with zero attached hydrogens (tertiary/aromatic N) is 2. The molecule has 13 heteroatoms. The molecule has 3 rings (SSSR count). The number of amides is 2. The third-order valence-electron chi connectivity index (χ3n) is 9.94. The number of carbonyl (C=O) groups excluding carboxylic acids is 2. The summed E-state index contributed by atoms with van der Waals surface area (Å²) in [6.07, 6.45) is -0.957. The first-order valence-corrected chi connectivity index (χ1v) is 22.1. The van der Waals surface area contributed by atoms with Gasteiger partial charge in [-0.3, -0.25) is 4.79 Å². The van der Waals surface area contributed by atoms with Crippen molar-refractivity contribution in [2.45, 2.75) is 126 Å². The number of hydrogen-bond donors (Lipinski definition) is 0. The van der Waals surface area contributed by atoms with E-state index in [1.165, 1.54) is 4.90 Å². The molecule has 0 N–H and O–H groups in total. The fourth-order valence-corrected chi connectivity index (χ4v) is 13.4. The highest BCUT2D eigenvalue weighted by atomic mass is 35.6. The summed E-state index contributed by atoms with van der Waals surface area (Å²) in [7, 11) is -3.43. The van der Waals surface area contributed by atoms with Gasteiger partial charge in [-0.25, -0.2) is 9.69 Å². The van der Waals surface area contributed by atoms with Crippen LogP contribution in [0.2, 0.25) is 34.8 Å². The van der Waals surface area contributed by atoms with Crippen molar-refractivity contribution in [3.8, 4) is 11.5 Å². The lowest BCUT2D eigenvalue weighted by Gasteiger charge is -2.44. The van der Waals surface area contributed by atoms with Crippen molar-refractivity contribution in [2.75, 3.05) is 25.2 Å². The minimum absolute atomic E-state index is 0.181. The van der Waals surface area contributed by atoms with Gasteiger partial charge < -0.3 is 23.2 Å². The van der Waals surface area contributed by atoms with Gasteiger partial charge >= 0.3 is 6.09 Å². The molecule has 1 unspecified atom stereocenters. The van der Waals surface area contributed by atoms with Crippen LogP contribution in [0, 0.1) is 5.92 Å². The minimum Gasteiger partial charge on any atom is -0.540 e. The lowest BCUT2D eigenvalue weighted by Crippen LogP contribution is -2.58. The molecule has 0 bridgehead atoms. The molecule has 256 valence electrons. The van der Waals surface area contributed by atoms with E-state index in [4.69, 9.17) is 53.1 Å². The highest BCUT2D eigenvalue weighted by Gasteiger charge is 2.53. The summed E-state index contributed by atoms with van der Waals surface area (Å²) in [5.74, 6) is 0.907. The van der Waals surface area contributed by atoms with Crippen molar-refractivity contribution in [1.29, 1.82) is 0 Å². The molecule has 1 fully saturated rings. The van der Waals surface area contributed by atoms with Crippen molar-refractivity contribution in [3.05, 3.63) is 17.7 Å². The number of methoxy groups -OCH3 is 1. The summed E-state index contributed by atoms with van der Waals surface area (Å²) in [6, 6.07) is 3.03. The van der Waals surface area contributed by atoms with Crippen LogP contribution in [0.15, 0.2) is 12.1 Å². The minimum atomic E-state index is -2.52. The summed E-state index contributed by atoms with van der Waals surface area (Å²) in [6.45, 7) is 26.0. The largest absolute Gasteiger partial charge is 0.540 e. The van der Waals surface area contributed by atoms with Gasteiger partial charge in [0.05, 0.1) is 24.4 Å². The molecule has 0 spiro atoms. The van der Waals surface area contributed by atoms with E-state index in [0.29, 0.717) is 35.7 Å². The smallest absolute Gasteiger partial charge is 0.416 e. The van der Waals surface area contributed by atoms with Gasteiger partial charge in [0.1, 0.15) is 12.4 Å². The Bertz CT molecular complexity index is 1230. The second-order valence-electron chi connectivity index (χ2n) is 15.1. The third-order valence-corrected chi connectivity index (χ3v) is 20.7. The van der Waals surface area contributed by atoms with Crippen molar-refractivity contribution >= 4 is 69.1 Å². The molecular formula is C32H53Cl3N2O6Si2. The molecule has 2 aliphatic heterocycles. The third kappa shape index (κ3) is 7.77. The first kappa shape index (κ1) is 38.3. The number of ether oxygens (including phenoxy) is 2. The molecule has 1 aromatic rings. The maximum absolute atomic E-state index is 14.4. The van der Waals surface area contributed by atoms with Gasteiger partial charge in [0.15, 0.2) is 20.3 Å². The topological polar surface area (TPSA) is 77.5 Å². The van der Waals surface area contributed by atoms with Crippen LogP contribution in [-0.4, -0.2) is 69.9 Å². The monoisotopic (exact) mass is 722 g/mol. The molecule has 0 aromatic heterocycles. The van der Waals surface area contributed by atoms with Gasteiger partial charge in [-0.2, -0.15) is 0 Å². The van der Waals surface area contributed by atoms with E-state index in [9.17, 15) is 9.59 Å². The van der Waals surface area contributed by atoms with Gasteiger partial charge in [0.2, 0.25) is 3.79 Å². The number of carbonyl (C=O) groups is 2. The second-order valence-corrected chi connectivity index (χ2v) is 27.8. The van der Waals surface area contributed by atoms with E-state index in [2.05, 4.69) is 82.3 Å². The number of hydrogen-bond acceptors (Lipinski definition) is 6. The predicted octanol–water partition coefficient (Wildman–Crippen LogP) is 9.77. The molecule has 2 amide bonds.